The molecule has 2 aromatic rings. The molecule has 1 atom stereocenters. The first-order valence-corrected chi connectivity index (χ1v) is 7.76. The first-order chi connectivity index (χ1) is 11.2. The van der Waals surface area contributed by atoms with Gasteiger partial charge in [-0.2, -0.15) is 0 Å². The Kier molecular flexibility index (Phi) is 6.56. The zero-order chi connectivity index (χ0) is 16.5. The fraction of sp³-hybridized carbons (Fsp3) is 0.333. The molecule has 0 aliphatic heterocycles. The van der Waals surface area contributed by atoms with Gasteiger partial charge in [0.15, 0.2) is 0 Å². The van der Waals surface area contributed by atoms with Crippen molar-refractivity contribution in [3.63, 3.8) is 0 Å². The van der Waals surface area contributed by atoms with Gasteiger partial charge in [0.05, 0.1) is 0 Å². The number of hydrogen-bond donors (Lipinski definition) is 2. The summed E-state index contributed by atoms with van der Waals surface area (Å²) in [4.78, 5) is 16.3. The molecule has 122 valence electrons. The van der Waals surface area contributed by atoms with Crippen LogP contribution in [0, 0.1) is 0 Å². The molecule has 2 rings (SSSR count). The van der Waals surface area contributed by atoms with Crippen LogP contribution in [0.2, 0.25) is 0 Å². The van der Waals surface area contributed by atoms with Crippen LogP contribution in [-0.2, 0) is 6.61 Å². The third-order valence-electron chi connectivity index (χ3n) is 3.53. The van der Waals surface area contributed by atoms with Gasteiger partial charge >= 0.3 is 0 Å². The van der Waals surface area contributed by atoms with Crippen LogP contribution < -0.4 is 10.1 Å². The van der Waals surface area contributed by atoms with E-state index in [0.29, 0.717) is 24.3 Å². The van der Waals surface area contributed by atoms with Gasteiger partial charge in [0, 0.05) is 36.2 Å². The average molecular weight is 314 g/mol. The Morgan fingerprint density at radius 1 is 1.35 bits per heavy atom. The fourth-order valence-corrected chi connectivity index (χ4v) is 2.18. The second kappa shape index (κ2) is 8.90. The van der Waals surface area contributed by atoms with E-state index in [4.69, 9.17) is 9.84 Å². The topological polar surface area (TPSA) is 71.5 Å². The van der Waals surface area contributed by atoms with Crippen LogP contribution in [0.3, 0.4) is 0 Å². The average Bonchev–Trinajstić information content (AvgIpc) is 2.60. The Labute approximate surface area is 136 Å². The van der Waals surface area contributed by atoms with Gasteiger partial charge in [0.25, 0.3) is 5.91 Å². The van der Waals surface area contributed by atoms with Crippen molar-refractivity contribution in [2.24, 2.45) is 0 Å². The highest BCUT2D eigenvalue weighted by molar-refractivity contribution is 5.94. The van der Waals surface area contributed by atoms with Crippen LogP contribution in [0.25, 0.3) is 0 Å². The number of amides is 1. The molecule has 2 N–H and O–H groups in total. The number of ether oxygens (including phenoxy) is 1. The molecule has 1 amide bonds. The normalized spacial score (nSPS) is 11.7. The van der Waals surface area contributed by atoms with Gasteiger partial charge < -0.3 is 15.2 Å². The van der Waals surface area contributed by atoms with E-state index < -0.39 is 0 Å². The molecule has 0 aliphatic carbocycles. The SMILES string of the molecule is CCC(CCO)NC(=O)c1cccc(OCc2cccnc2)c1. The number of nitrogens with zero attached hydrogens (tertiary/aromatic N) is 1. The summed E-state index contributed by atoms with van der Waals surface area (Å²) in [6.07, 6.45) is 4.80. The monoisotopic (exact) mass is 314 g/mol. The van der Waals surface area contributed by atoms with Crippen molar-refractivity contribution >= 4 is 5.91 Å². The van der Waals surface area contributed by atoms with E-state index in [2.05, 4.69) is 10.3 Å². The van der Waals surface area contributed by atoms with Gasteiger partial charge in [-0.3, -0.25) is 9.78 Å². The van der Waals surface area contributed by atoms with Crippen LogP contribution in [0.15, 0.2) is 48.8 Å². The first kappa shape index (κ1) is 17.0. The van der Waals surface area contributed by atoms with Gasteiger partial charge in [0.2, 0.25) is 0 Å². The lowest BCUT2D eigenvalue weighted by atomic mass is 10.1. The van der Waals surface area contributed by atoms with Crippen LogP contribution in [-0.4, -0.2) is 28.6 Å². The van der Waals surface area contributed by atoms with Gasteiger partial charge in [-0.25, -0.2) is 0 Å². The second-order valence-electron chi connectivity index (χ2n) is 5.27. The molecule has 0 spiro atoms. The lowest BCUT2D eigenvalue weighted by molar-refractivity contribution is 0.0928. The maximum Gasteiger partial charge on any atom is 0.251 e. The number of aliphatic hydroxyl groups is 1. The first-order valence-electron chi connectivity index (χ1n) is 7.76. The van der Waals surface area contributed by atoms with Crippen molar-refractivity contribution in [3.8, 4) is 5.75 Å². The molecule has 5 nitrogen and oxygen atoms in total. The number of hydrogen-bond acceptors (Lipinski definition) is 4. The summed E-state index contributed by atoms with van der Waals surface area (Å²) in [7, 11) is 0. The Bertz CT molecular complexity index is 617. The molecule has 0 radical (unpaired) electrons. The third kappa shape index (κ3) is 5.38. The van der Waals surface area contributed by atoms with Crippen molar-refractivity contribution in [1.29, 1.82) is 0 Å². The Hall–Kier alpha value is -2.40. The van der Waals surface area contributed by atoms with Crippen molar-refractivity contribution in [2.45, 2.75) is 32.4 Å². The molecule has 5 heteroatoms. The summed E-state index contributed by atoms with van der Waals surface area (Å²) in [6, 6.07) is 10.8. The highest BCUT2D eigenvalue weighted by Gasteiger charge is 2.12. The van der Waals surface area contributed by atoms with Crippen LogP contribution in [0.1, 0.15) is 35.7 Å². The lowest BCUT2D eigenvalue weighted by Gasteiger charge is -2.16. The van der Waals surface area contributed by atoms with Crippen LogP contribution in [0.4, 0.5) is 0 Å². The smallest absolute Gasteiger partial charge is 0.251 e. The second-order valence-corrected chi connectivity index (χ2v) is 5.27. The van der Waals surface area contributed by atoms with Crippen molar-refractivity contribution in [1.82, 2.24) is 10.3 Å². The minimum atomic E-state index is -0.155. The number of aromatic nitrogens is 1. The molecule has 0 bridgehead atoms. The minimum absolute atomic E-state index is 0.0209. The molecular formula is C18H22N2O3. The fourth-order valence-electron chi connectivity index (χ4n) is 2.18. The summed E-state index contributed by atoms with van der Waals surface area (Å²) in [5, 5.41) is 11.9. The highest BCUT2D eigenvalue weighted by atomic mass is 16.5. The standard InChI is InChI=1S/C18H22N2O3/c1-2-16(8-10-21)20-18(22)15-6-3-7-17(11-15)23-13-14-5-4-9-19-12-14/h3-7,9,11-12,16,21H,2,8,10,13H2,1H3,(H,20,22). The Morgan fingerprint density at radius 3 is 2.91 bits per heavy atom. The zero-order valence-electron chi connectivity index (χ0n) is 13.2. The molecule has 0 saturated heterocycles. The summed E-state index contributed by atoms with van der Waals surface area (Å²) in [5.41, 5.74) is 1.52. The summed E-state index contributed by atoms with van der Waals surface area (Å²) in [5.74, 6) is 0.480. The summed E-state index contributed by atoms with van der Waals surface area (Å²) >= 11 is 0. The van der Waals surface area contributed by atoms with Crippen molar-refractivity contribution in [3.05, 3.63) is 59.9 Å². The quantitative estimate of drug-likeness (QED) is 0.785. The Balaban J connectivity index is 1.97. The molecule has 0 fully saturated rings. The minimum Gasteiger partial charge on any atom is -0.489 e. The van der Waals surface area contributed by atoms with E-state index in [0.717, 1.165) is 12.0 Å². The van der Waals surface area contributed by atoms with E-state index >= 15 is 0 Å². The predicted octanol–water partition coefficient (Wildman–Crippen LogP) is 2.55. The Morgan fingerprint density at radius 2 is 2.22 bits per heavy atom. The highest BCUT2D eigenvalue weighted by Crippen LogP contribution is 2.15. The maximum absolute atomic E-state index is 12.3. The zero-order valence-corrected chi connectivity index (χ0v) is 13.2. The van der Waals surface area contributed by atoms with E-state index in [-0.39, 0.29) is 18.6 Å². The van der Waals surface area contributed by atoms with Crippen molar-refractivity contribution < 1.29 is 14.6 Å². The van der Waals surface area contributed by atoms with Gasteiger partial charge in [-0.15, -0.1) is 0 Å². The largest absolute Gasteiger partial charge is 0.489 e. The number of benzene rings is 1. The molecule has 1 heterocycles. The van der Waals surface area contributed by atoms with Gasteiger partial charge in [-0.1, -0.05) is 19.1 Å². The molecule has 0 aliphatic rings. The van der Waals surface area contributed by atoms with E-state index in [1.807, 2.05) is 25.1 Å². The van der Waals surface area contributed by atoms with E-state index in [9.17, 15) is 4.79 Å². The third-order valence-corrected chi connectivity index (χ3v) is 3.53. The molecule has 1 aromatic heterocycles. The van der Waals surface area contributed by atoms with Crippen LogP contribution >= 0.6 is 0 Å². The molecule has 0 saturated carbocycles. The number of aliphatic hydroxyl groups excluding tert-OH is 1. The number of rotatable bonds is 8. The molecule has 1 aromatic carbocycles. The van der Waals surface area contributed by atoms with Crippen molar-refractivity contribution in [2.75, 3.05) is 6.61 Å². The summed E-state index contributed by atoms with van der Waals surface area (Å²) < 4.78 is 5.70. The molecule has 23 heavy (non-hydrogen) atoms. The van der Waals surface area contributed by atoms with Gasteiger partial charge in [0.1, 0.15) is 12.4 Å². The van der Waals surface area contributed by atoms with Crippen LogP contribution in [0.5, 0.6) is 5.75 Å². The predicted molar refractivity (Wildman–Crippen MR) is 88.3 cm³/mol. The molecule has 1 unspecified atom stereocenters. The number of pyridine rings is 1. The van der Waals surface area contributed by atoms with E-state index in [1.165, 1.54) is 0 Å². The maximum atomic E-state index is 12.3. The van der Waals surface area contributed by atoms with Gasteiger partial charge in [-0.05, 0) is 37.1 Å². The lowest BCUT2D eigenvalue weighted by Crippen LogP contribution is -2.35. The number of carbonyl (C=O) groups is 1. The van der Waals surface area contributed by atoms with E-state index in [1.54, 1.807) is 30.6 Å². The number of carbonyl (C=O) groups excluding carboxylic acids is 1. The number of nitrogens with one attached hydrogen (secondary N) is 1. The molecular weight excluding hydrogens is 292 g/mol. The summed E-state index contributed by atoms with van der Waals surface area (Å²) in [6.45, 7) is 2.45.